The van der Waals surface area contributed by atoms with Crippen LogP contribution in [0.5, 0.6) is 0 Å². The van der Waals surface area contributed by atoms with Crippen molar-refractivity contribution in [3.63, 3.8) is 0 Å². The minimum Gasteiger partial charge on any atom is -0.340 e. The zero-order chi connectivity index (χ0) is 22.1. The van der Waals surface area contributed by atoms with Crippen molar-refractivity contribution in [2.45, 2.75) is 38.4 Å². The van der Waals surface area contributed by atoms with Gasteiger partial charge in [0.1, 0.15) is 6.04 Å². The number of carbonyl (C=O) groups excluding carboxylic acids is 2. The van der Waals surface area contributed by atoms with Crippen LogP contribution < -0.4 is 0 Å². The van der Waals surface area contributed by atoms with Gasteiger partial charge in [-0.15, -0.1) is 0 Å². The fourth-order valence-electron chi connectivity index (χ4n) is 5.75. The van der Waals surface area contributed by atoms with Gasteiger partial charge < -0.3 is 9.80 Å². The molecule has 0 unspecified atom stereocenters. The standard InChI is InChI=1S/C26H30BrN3O2/c27-23-9-5-4-8-22(23)18-30-24(10-11-25(30)31)26(32)29-16-20-12-21(17-29)15-28(14-20)13-19-6-2-1-3-7-19/h1-9,20-21,24H,10-18H2/t20-,21+,24-/m0/s1. The number of rotatable bonds is 5. The number of piperidine rings is 2. The van der Waals surface area contributed by atoms with E-state index >= 15 is 0 Å². The molecule has 3 fully saturated rings. The third kappa shape index (κ3) is 4.62. The monoisotopic (exact) mass is 495 g/mol. The van der Waals surface area contributed by atoms with Crippen LogP contribution in [0.1, 0.15) is 30.4 Å². The smallest absolute Gasteiger partial charge is 0.245 e. The average Bonchev–Trinajstić information content (AvgIpc) is 3.15. The predicted molar refractivity (Wildman–Crippen MR) is 128 cm³/mol. The van der Waals surface area contributed by atoms with E-state index in [2.05, 4.69) is 56.1 Å². The quantitative estimate of drug-likeness (QED) is 0.631. The van der Waals surface area contributed by atoms with E-state index < -0.39 is 0 Å². The Morgan fingerprint density at radius 3 is 2.31 bits per heavy atom. The lowest BCUT2D eigenvalue weighted by atomic mass is 9.84. The summed E-state index contributed by atoms with van der Waals surface area (Å²) >= 11 is 3.58. The lowest BCUT2D eigenvalue weighted by molar-refractivity contribution is -0.145. The van der Waals surface area contributed by atoms with Crippen molar-refractivity contribution in [1.82, 2.24) is 14.7 Å². The first-order valence-electron chi connectivity index (χ1n) is 11.6. The molecule has 0 radical (unpaired) electrons. The first kappa shape index (κ1) is 21.7. The summed E-state index contributed by atoms with van der Waals surface area (Å²) in [6, 6.07) is 18.3. The second-order valence-electron chi connectivity index (χ2n) is 9.56. The third-order valence-electron chi connectivity index (χ3n) is 7.13. The van der Waals surface area contributed by atoms with Crippen molar-refractivity contribution in [2.75, 3.05) is 26.2 Å². The van der Waals surface area contributed by atoms with Crippen molar-refractivity contribution in [3.05, 3.63) is 70.2 Å². The number of halogens is 1. The lowest BCUT2D eigenvalue weighted by Crippen LogP contribution is -2.57. The van der Waals surface area contributed by atoms with Gasteiger partial charge in [-0.1, -0.05) is 64.5 Å². The van der Waals surface area contributed by atoms with E-state index in [-0.39, 0.29) is 17.9 Å². The second kappa shape index (κ2) is 9.36. The van der Waals surface area contributed by atoms with Gasteiger partial charge in [-0.2, -0.15) is 0 Å². The molecule has 168 valence electrons. The predicted octanol–water partition coefficient (Wildman–Crippen LogP) is 3.92. The Kier molecular flexibility index (Phi) is 6.33. The molecule has 5 nitrogen and oxygen atoms in total. The number of carbonyl (C=O) groups is 2. The van der Waals surface area contributed by atoms with Crippen LogP contribution in [0.4, 0.5) is 0 Å². The highest BCUT2D eigenvalue weighted by Gasteiger charge is 2.42. The number of amides is 2. The highest BCUT2D eigenvalue weighted by molar-refractivity contribution is 9.10. The molecule has 6 heteroatoms. The van der Waals surface area contributed by atoms with E-state index in [1.807, 2.05) is 24.3 Å². The molecular weight excluding hydrogens is 466 g/mol. The Bertz CT molecular complexity index is 968. The summed E-state index contributed by atoms with van der Waals surface area (Å²) < 4.78 is 0.983. The van der Waals surface area contributed by atoms with E-state index in [9.17, 15) is 9.59 Å². The minimum absolute atomic E-state index is 0.0883. The zero-order valence-corrected chi connectivity index (χ0v) is 19.9. The van der Waals surface area contributed by atoms with Gasteiger partial charge >= 0.3 is 0 Å². The summed E-state index contributed by atoms with van der Waals surface area (Å²) in [6.07, 6.45) is 2.31. The Balaban J connectivity index is 1.23. The van der Waals surface area contributed by atoms with Crippen LogP contribution in [0.2, 0.25) is 0 Å². The topological polar surface area (TPSA) is 43.9 Å². The molecule has 3 heterocycles. The van der Waals surface area contributed by atoms with E-state index in [1.54, 1.807) is 4.90 Å². The molecule has 3 atom stereocenters. The van der Waals surface area contributed by atoms with E-state index in [1.165, 1.54) is 12.0 Å². The van der Waals surface area contributed by atoms with Gasteiger partial charge in [0.2, 0.25) is 11.8 Å². The summed E-state index contributed by atoms with van der Waals surface area (Å²) in [5, 5.41) is 0. The van der Waals surface area contributed by atoms with Crippen LogP contribution in [-0.4, -0.2) is 58.7 Å². The first-order chi connectivity index (χ1) is 15.6. The number of likely N-dealkylation sites (tertiary alicyclic amines) is 3. The summed E-state index contributed by atoms with van der Waals surface area (Å²) in [7, 11) is 0. The molecule has 2 bridgehead atoms. The van der Waals surface area contributed by atoms with Crippen molar-refractivity contribution in [1.29, 1.82) is 0 Å². The van der Waals surface area contributed by atoms with Gasteiger partial charge in [0.25, 0.3) is 0 Å². The van der Waals surface area contributed by atoms with Gasteiger partial charge in [0, 0.05) is 50.2 Å². The van der Waals surface area contributed by atoms with Crippen LogP contribution in [0, 0.1) is 11.8 Å². The fourth-order valence-corrected chi connectivity index (χ4v) is 6.16. The van der Waals surface area contributed by atoms with Crippen LogP contribution in [0.25, 0.3) is 0 Å². The summed E-state index contributed by atoms with van der Waals surface area (Å²) in [4.78, 5) is 32.6. The Hall–Kier alpha value is -2.18. The molecule has 3 aliphatic rings. The Labute approximate surface area is 198 Å². The molecule has 2 aromatic rings. The molecular formula is C26H30BrN3O2. The Morgan fingerprint density at radius 2 is 1.59 bits per heavy atom. The Morgan fingerprint density at radius 1 is 0.906 bits per heavy atom. The van der Waals surface area contributed by atoms with Gasteiger partial charge in [0.05, 0.1) is 0 Å². The normalized spacial score (nSPS) is 25.9. The number of hydrogen-bond donors (Lipinski definition) is 0. The first-order valence-corrected chi connectivity index (χ1v) is 12.4. The number of nitrogens with zero attached hydrogens (tertiary/aromatic N) is 3. The summed E-state index contributed by atoms with van der Waals surface area (Å²) in [5.41, 5.74) is 2.40. The maximum absolute atomic E-state index is 13.5. The fraction of sp³-hybridized carbons (Fsp3) is 0.462. The van der Waals surface area contributed by atoms with Gasteiger partial charge in [-0.05, 0) is 41.9 Å². The average molecular weight is 496 g/mol. The van der Waals surface area contributed by atoms with Crippen molar-refractivity contribution in [3.8, 4) is 0 Å². The molecule has 32 heavy (non-hydrogen) atoms. The lowest BCUT2D eigenvalue weighted by Gasteiger charge is -2.46. The molecule has 5 rings (SSSR count). The van der Waals surface area contributed by atoms with Gasteiger partial charge in [0.15, 0.2) is 0 Å². The largest absolute Gasteiger partial charge is 0.340 e. The van der Waals surface area contributed by atoms with Crippen molar-refractivity contribution in [2.24, 2.45) is 11.8 Å². The highest BCUT2D eigenvalue weighted by atomic mass is 79.9. The van der Waals surface area contributed by atoms with Crippen molar-refractivity contribution >= 4 is 27.7 Å². The van der Waals surface area contributed by atoms with E-state index in [4.69, 9.17) is 0 Å². The number of fused-ring (bicyclic) bond motifs is 2. The number of hydrogen-bond acceptors (Lipinski definition) is 3. The van der Waals surface area contributed by atoms with E-state index in [0.29, 0.717) is 31.2 Å². The molecule has 0 spiro atoms. The maximum atomic E-state index is 13.5. The molecule has 3 saturated heterocycles. The molecule has 0 saturated carbocycles. The van der Waals surface area contributed by atoms with Crippen LogP contribution in [0.3, 0.4) is 0 Å². The minimum atomic E-state index is -0.325. The molecule has 0 aliphatic carbocycles. The maximum Gasteiger partial charge on any atom is 0.245 e. The van der Waals surface area contributed by atoms with Gasteiger partial charge in [-0.25, -0.2) is 0 Å². The van der Waals surface area contributed by atoms with E-state index in [0.717, 1.165) is 42.8 Å². The van der Waals surface area contributed by atoms with Crippen molar-refractivity contribution < 1.29 is 9.59 Å². The summed E-state index contributed by atoms with van der Waals surface area (Å²) in [5.74, 6) is 1.27. The molecule has 2 amide bonds. The van der Waals surface area contributed by atoms with Crippen LogP contribution in [0.15, 0.2) is 59.1 Å². The zero-order valence-electron chi connectivity index (χ0n) is 18.3. The molecule has 2 aromatic carbocycles. The SMILES string of the molecule is O=C([C@@H]1CCC(=O)N1Cc1ccccc1Br)N1C[C@@H]2C[C@@H](CN(Cc3ccccc3)C2)C1. The summed E-state index contributed by atoms with van der Waals surface area (Å²) in [6.45, 7) is 5.18. The second-order valence-corrected chi connectivity index (χ2v) is 10.4. The molecule has 0 aromatic heterocycles. The highest BCUT2D eigenvalue weighted by Crippen LogP contribution is 2.32. The molecule has 0 N–H and O–H groups in total. The van der Waals surface area contributed by atoms with Crippen LogP contribution >= 0.6 is 15.9 Å². The van der Waals surface area contributed by atoms with Gasteiger partial charge in [-0.3, -0.25) is 14.5 Å². The van der Waals surface area contributed by atoms with Crippen LogP contribution in [-0.2, 0) is 22.7 Å². The number of benzene rings is 2. The molecule has 3 aliphatic heterocycles. The third-order valence-corrected chi connectivity index (χ3v) is 7.90.